The molecule has 1 aliphatic rings. The third kappa shape index (κ3) is 1.66. The first-order valence-electron chi connectivity index (χ1n) is 6.69. The van der Waals surface area contributed by atoms with Gasteiger partial charge in [0.15, 0.2) is 0 Å². The van der Waals surface area contributed by atoms with Crippen LogP contribution in [0, 0.1) is 5.82 Å². The van der Waals surface area contributed by atoms with Gasteiger partial charge in [-0.15, -0.1) is 0 Å². The van der Waals surface area contributed by atoms with Crippen LogP contribution in [-0.4, -0.2) is 27.6 Å². The van der Waals surface area contributed by atoms with Gasteiger partial charge in [0.1, 0.15) is 11.5 Å². The van der Waals surface area contributed by atoms with Crippen molar-refractivity contribution in [2.75, 3.05) is 7.05 Å². The SMILES string of the molecule is CCc1nn(-c2ccc(F)cc2)c2c1C(C)N(C)C2=O. The Kier molecular flexibility index (Phi) is 2.85. The maximum absolute atomic E-state index is 13.0. The summed E-state index contributed by atoms with van der Waals surface area (Å²) in [6.45, 7) is 4.02. The van der Waals surface area contributed by atoms with Gasteiger partial charge in [0.2, 0.25) is 0 Å². The molecule has 2 aromatic rings. The zero-order valence-electron chi connectivity index (χ0n) is 11.7. The summed E-state index contributed by atoms with van der Waals surface area (Å²) in [5.74, 6) is -0.339. The number of hydrogen-bond donors (Lipinski definition) is 0. The summed E-state index contributed by atoms with van der Waals surface area (Å²) < 4.78 is 14.7. The summed E-state index contributed by atoms with van der Waals surface area (Å²) in [7, 11) is 1.79. The van der Waals surface area contributed by atoms with Crippen LogP contribution in [0.15, 0.2) is 24.3 Å². The van der Waals surface area contributed by atoms with Gasteiger partial charge >= 0.3 is 0 Å². The molecule has 1 aromatic carbocycles. The molecule has 1 unspecified atom stereocenters. The standard InChI is InChI=1S/C15H16FN3O/c1-4-12-13-9(2)18(3)15(20)14(13)19(17-12)11-7-5-10(16)6-8-11/h5-9H,4H2,1-3H3. The fraction of sp³-hybridized carbons (Fsp3) is 0.333. The van der Waals surface area contributed by atoms with Crippen LogP contribution in [0.5, 0.6) is 0 Å². The summed E-state index contributed by atoms with van der Waals surface area (Å²) in [6, 6.07) is 6.06. The van der Waals surface area contributed by atoms with Gasteiger partial charge < -0.3 is 4.90 Å². The molecule has 0 saturated heterocycles. The van der Waals surface area contributed by atoms with Crippen molar-refractivity contribution in [2.24, 2.45) is 0 Å². The monoisotopic (exact) mass is 273 g/mol. The molecule has 5 heteroatoms. The van der Waals surface area contributed by atoms with E-state index >= 15 is 0 Å². The van der Waals surface area contributed by atoms with Gasteiger partial charge in [0, 0.05) is 12.6 Å². The number of carbonyl (C=O) groups is 1. The van der Waals surface area contributed by atoms with Gasteiger partial charge in [-0.05, 0) is 37.6 Å². The molecule has 0 aliphatic carbocycles. The minimum atomic E-state index is -0.301. The van der Waals surface area contributed by atoms with Crippen molar-refractivity contribution >= 4 is 5.91 Å². The van der Waals surface area contributed by atoms with E-state index in [0.717, 1.165) is 17.7 Å². The highest BCUT2D eigenvalue weighted by Gasteiger charge is 2.38. The predicted molar refractivity (Wildman–Crippen MR) is 73.4 cm³/mol. The van der Waals surface area contributed by atoms with Gasteiger partial charge in [0.25, 0.3) is 5.91 Å². The van der Waals surface area contributed by atoms with E-state index in [1.165, 1.54) is 12.1 Å². The quantitative estimate of drug-likeness (QED) is 0.843. The van der Waals surface area contributed by atoms with Gasteiger partial charge in [-0.1, -0.05) is 6.92 Å². The highest BCUT2D eigenvalue weighted by atomic mass is 19.1. The minimum absolute atomic E-state index is 0.0293. The lowest BCUT2D eigenvalue weighted by Crippen LogP contribution is -2.23. The van der Waals surface area contributed by atoms with Gasteiger partial charge in [-0.25, -0.2) is 9.07 Å². The lowest BCUT2D eigenvalue weighted by atomic mass is 10.1. The zero-order chi connectivity index (χ0) is 14.4. The van der Waals surface area contributed by atoms with E-state index in [2.05, 4.69) is 5.10 Å². The predicted octanol–water partition coefficient (Wildman–Crippen LogP) is 2.72. The molecule has 0 spiro atoms. The van der Waals surface area contributed by atoms with E-state index in [1.54, 1.807) is 28.8 Å². The van der Waals surface area contributed by atoms with Crippen LogP contribution in [0.25, 0.3) is 5.69 Å². The van der Waals surface area contributed by atoms with Crippen LogP contribution >= 0.6 is 0 Å². The Morgan fingerprint density at radius 3 is 2.55 bits per heavy atom. The first kappa shape index (κ1) is 12.8. The van der Waals surface area contributed by atoms with E-state index in [-0.39, 0.29) is 17.8 Å². The topological polar surface area (TPSA) is 38.1 Å². The van der Waals surface area contributed by atoms with Crippen LogP contribution in [0.4, 0.5) is 4.39 Å². The Bertz CT molecular complexity index is 675. The van der Waals surface area contributed by atoms with Crippen molar-refractivity contribution < 1.29 is 9.18 Å². The fourth-order valence-corrected chi connectivity index (χ4v) is 2.69. The van der Waals surface area contributed by atoms with Crippen molar-refractivity contribution in [2.45, 2.75) is 26.3 Å². The lowest BCUT2D eigenvalue weighted by Gasteiger charge is -2.16. The van der Waals surface area contributed by atoms with E-state index in [9.17, 15) is 9.18 Å². The van der Waals surface area contributed by atoms with Gasteiger partial charge in [0.05, 0.1) is 17.4 Å². The van der Waals surface area contributed by atoms with Crippen molar-refractivity contribution in [1.29, 1.82) is 0 Å². The molecule has 1 aromatic heterocycles. The minimum Gasteiger partial charge on any atom is -0.333 e. The summed E-state index contributed by atoms with van der Waals surface area (Å²) in [4.78, 5) is 14.1. The Labute approximate surface area is 116 Å². The molecule has 2 heterocycles. The number of fused-ring (bicyclic) bond motifs is 1. The molecule has 1 amide bonds. The highest BCUT2D eigenvalue weighted by Crippen LogP contribution is 2.35. The second-order valence-electron chi connectivity index (χ2n) is 5.04. The molecule has 0 N–H and O–H groups in total. The summed E-state index contributed by atoms with van der Waals surface area (Å²) in [6.07, 6.45) is 0.766. The van der Waals surface area contributed by atoms with E-state index in [4.69, 9.17) is 0 Å². The van der Waals surface area contributed by atoms with E-state index in [1.807, 2.05) is 13.8 Å². The molecule has 0 fully saturated rings. The molecule has 0 bridgehead atoms. The molecule has 3 rings (SSSR count). The van der Waals surface area contributed by atoms with Gasteiger partial charge in [-0.3, -0.25) is 4.79 Å². The third-order valence-corrected chi connectivity index (χ3v) is 3.93. The van der Waals surface area contributed by atoms with Gasteiger partial charge in [-0.2, -0.15) is 5.10 Å². The van der Waals surface area contributed by atoms with Crippen LogP contribution in [0.1, 0.15) is 41.6 Å². The molecular formula is C15H16FN3O. The first-order chi connectivity index (χ1) is 9.54. The normalized spacial score (nSPS) is 17.7. The summed E-state index contributed by atoms with van der Waals surface area (Å²) in [5.41, 5.74) is 3.22. The van der Waals surface area contributed by atoms with E-state index in [0.29, 0.717) is 11.4 Å². The molecule has 1 atom stereocenters. The number of hydrogen-bond acceptors (Lipinski definition) is 2. The second-order valence-corrected chi connectivity index (χ2v) is 5.04. The maximum atomic E-state index is 13.0. The average molecular weight is 273 g/mol. The second kappa shape index (κ2) is 4.44. The largest absolute Gasteiger partial charge is 0.333 e. The number of benzene rings is 1. The number of aryl methyl sites for hydroxylation is 1. The number of aromatic nitrogens is 2. The Hall–Kier alpha value is -2.17. The number of rotatable bonds is 2. The van der Waals surface area contributed by atoms with Crippen molar-refractivity contribution in [1.82, 2.24) is 14.7 Å². The number of amides is 1. The molecular weight excluding hydrogens is 257 g/mol. The molecule has 104 valence electrons. The summed E-state index contributed by atoms with van der Waals surface area (Å²) in [5, 5.41) is 4.53. The highest BCUT2D eigenvalue weighted by molar-refractivity contribution is 5.98. The fourth-order valence-electron chi connectivity index (χ4n) is 2.69. The molecule has 0 radical (unpaired) electrons. The van der Waals surface area contributed by atoms with Crippen molar-refractivity contribution in [3.8, 4) is 5.69 Å². The van der Waals surface area contributed by atoms with Crippen LogP contribution in [-0.2, 0) is 6.42 Å². The van der Waals surface area contributed by atoms with E-state index < -0.39 is 0 Å². The molecule has 20 heavy (non-hydrogen) atoms. The van der Waals surface area contributed by atoms with Crippen molar-refractivity contribution in [3.63, 3.8) is 0 Å². The lowest BCUT2D eigenvalue weighted by molar-refractivity contribution is 0.0775. The van der Waals surface area contributed by atoms with Crippen LogP contribution in [0.2, 0.25) is 0 Å². The Morgan fingerprint density at radius 2 is 1.95 bits per heavy atom. The first-order valence-corrected chi connectivity index (χ1v) is 6.69. The van der Waals surface area contributed by atoms with Crippen molar-refractivity contribution in [3.05, 3.63) is 47.0 Å². The third-order valence-electron chi connectivity index (χ3n) is 3.93. The summed E-state index contributed by atoms with van der Waals surface area (Å²) >= 11 is 0. The van der Waals surface area contributed by atoms with Crippen LogP contribution < -0.4 is 0 Å². The molecule has 0 saturated carbocycles. The number of carbonyl (C=O) groups excluding carboxylic acids is 1. The number of halogens is 1. The molecule has 4 nitrogen and oxygen atoms in total. The Balaban J connectivity index is 2.22. The zero-order valence-corrected chi connectivity index (χ0v) is 11.7. The van der Waals surface area contributed by atoms with Crippen LogP contribution in [0.3, 0.4) is 0 Å². The average Bonchev–Trinajstić information content (AvgIpc) is 2.93. The number of nitrogens with zero attached hydrogens (tertiary/aromatic N) is 3. The smallest absolute Gasteiger partial charge is 0.273 e. The Morgan fingerprint density at radius 1 is 1.30 bits per heavy atom. The maximum Gasteiger partial charge on any atom is 0.273 e. The molecule has 1 aliphatic heterocycles.